The van der Waals surface area contributed by atoms with Crippen molar-refractivity contribution in [3.05, 3.63) is 23.1 Å². The van der Waals surface area contributed by atoms with Gasteiger partial charge in [0.1, 0.15) is 0 Å². The van der Waals surface area contributed by atoms with E-state index in [0.29, 0.717) is 19.3 Å². The molecule has 0 aliphatic carbocycles. The van der Waals surface area contributed by atoms with Crippen LogP contribution in [0.1, 0.15) is 31.9 Å². The molecule has 1 aromatic rings. The van der Waals surface area contributed by atoms with Crippen LogP contribution in [0.15, 0.2) is 6.20 Å². The van der Waals surface area contributed by atoms with E-state index in [1.54, 1.807) is 0 Å². The zero-order chi connectivity index (χ0) is 17.2. The van der Waals surface area contributed by atoms with Crippen LogP contribution in [-0.2, 0) is 17.3 Å². The number of nitrogens with zero attached hydrogens (tertiary/aromatic N) is 1. The number of hydrogen-bond donors (Lipinski definition) is 2. The molecule has 1 fully saturated rings. The summed E-state index contributed by atoms with van der Waals surface area (Å²) in [7, 11) is 0. The number of aromatic nitrogens is 1. The van der Waals surface area contributed by atoms with E-state index < -0.39 is 17.6 Å². The molecule has 1 saturated heterocycles. The maximum atomic E-state index is 14.3. The van der Waals surface area contributed by atoms with E-state index in [1.807, 2.05) is 13.8 Å². The quantitative estimate of drug-likeness (QED) is 0.831. The van der Waals surface area contributed by atoms with Gasteiger partial charge in [0.15, 0.2) is 11.6 Å². The summed E-state index contributed by atoms with van der Waals surface area (Å²) in [4.78, 5) is 3.60. The maximum Gasteiger partial charge on any atom is 0.418 e. The van der Waals surface area contributed by atoms with Crippen LogP contribution in [-0.4, -0.2) is 36.3 Å². The molecule has 23 heavy (non-hydrogen) atoms. The Morgan fingerprint density at radius 3 is 2.65 bits per heavy atom. The van der Waals surface area contributed by atoms with Crippen LogP contribution in [0.2, 0.25) is 0 Å². The van der Waals surface area contributed by atoms with E-state index in [1.165, 1.54) is 6.92 Å². The molecular formula is C15H21F4N3O. The van der Waals surface area contributed by atoms with Crippen LogP contribution in [0.3, 0.4) is 0 Å². The average molecular weight is 335 g/mol. The highest BCUT2D eigenvalue weighted by Crippen LogP contribution is 2.34. The maximum absolute atomic E-state index is 14.3. The van der Waals surface area contributed by atoms with Gasteiger partial charge in [-0.2, -0.15) is 13.2 Å². The summed E-state index contributed by atoms with van der Waals surface area (Å²) in [5.74, 6) is -1.11. The SMILES string of the molecule is CCc1c(C(F)(F)F)cnc(NC[C@H]2NC[C@@H](C)O[C@H]2C)c1F. The summed E-state index contributed by atoms with van der Waals surface area (Å²) >= 11 is 0. The van der Waals surface area contributed by atoms with Crippen LogP contribution in [0.25, 0.3) is 0 Å². The lowest BCUT2D eigenvalue weighted by Gasteiger charge is -2.34. The number of alkyl halides is 3. The van der Waals surface area contributed by atoms with E-state index in [9.17, 15) is 17.6 Å². The van der Waals surface area contributed by atoms with E-state index in [0.717, 1.165) is 0 Å². The Bertz CT molecular complexity index is 550. The van der Waals surface area contributed by atoms with Gasteiger partial charge in [-0.1, -0.05) is 6.92 Å². The lowest BCUT2D eigenvalue weighted by molar-refractivity contribution is -0.138. The highest BCUT2D eigenvalue weighted by molar-refractivity contribution is 5.44. The molecule has 0 radical (unpaired) electrons. The Balaban J connectivity index is 2.12. The Hall–Kier alpha value is -1.41. The van der Waals surface area contributed by atoms with Gasteiger partial charge < -0.3 is 15.4 Å². The van der Waals surface area contributed by atoms with Crippen molar-refractivity contribution in [3.63, 3.8) is 0 Å². The van der Waals surface area contributed by atoms with Gasteiger partial charge in [-0.05, 0) is 20.3 Å². The van der Waals surface area contributed by atoms with Crippen molar-refractivity contribution in [2.45, 2.75) is 51.6 Å². The zero-order valence-electron chi connectivity index (χ0n) is 13.3. The van der Waals surface area contributed by atoms with Crippen LogP contribution < -0.4 is 10.6 Å². The van der Waals surface area contributed by atoms with E-state index in [4.69, 9.17) is 4.74 Å². The summed E-state index contributed by atoms with van der Waals surface area (Å²) in [6.07, 6.45) is -3.98. The number of hydrogen-bond acceptors (Lipinski definition) is 4. The Morgan fingerprint density at radius 1 is 1.39 bits per heavy atom. The third-order valence-electron chi connectivity index (χ3n) is 3.95. The number of pyridine rings is 1. The molecule has 4 nitrogen and oxygen atoms in total. The first-order valence-corrected chi connectivity index (χ1v) is 7.61. The standard InChI is InChI=1S/C15H21F4N3O/c1-4-10-11(15(17,18)19)6-21-14(13(10)16)22-7-12-9(3)23-8(2)5-20-12/h6,8-9,12,20H,4-5,7H2,1-3H3,(H,21,22)/t8-,9+,12-/m1/s1. The topological polar surface area (TPSA) is 46.2 Å². The van der Waals surface area contributed by atoms with Crippen molar-refractivity contribution in [2.75, 3.05) is 18.4 Å². The van der Waals surface area contributed by atoms with Crippen molar-refractivity contribution in [2.24, 2.45) is 0 Å². The molecule has 0 aromatic carbocycles. The highest BCUT2D eigenvalue weighted by Gasteiger charge is 2.35. The summed E-state index contributed by atoms with van der Waals surface area (Å²) in [6, 6.07) is -0.0697. The van der Waals surface area contributed by atoms with E-state index >= 15 is 0 Å². The molecular weight excluding hydrogens is 314 g/mol. The molecule has 1 aliphatic rings. The fourth-order valence-electron chi connectivity index (χ4n) is 2.68. The molecule has 0 bridgehead atoms. The summed E-state index contributed by atoms with van der Waals surface area (Å²) in [6.45, 7) is 6.30. The first kappa shape index (κ1) is 17.9. The fourth-order valence-corrected chi connectivity index (χ4v) is 2.68. The molecule has 0 amide bonds. The van der Waals surface area contributed by atoms with Crippen molar-refractivity contribution in [1.29, 1.82) is 0 Å². The molecule has 1 aliphatic heterocycles. The molecule has 0 unspecified atom stereocenters. The number of rotatable bonds is 4. The molecule has 3 atom stereocenters. The molecule has 0 spiro atoms. The highest BCUT2D eigenvalue weighted by atomic mass is 19.4. The predicted octanol–water partition coefficient (Wildman–Crippen LogP) is 2.98. The number of ether oxygens (including phenoxy) is 1. The Morgan fingerprint density at radius 2 is 2.09 bits per heavy atom. The second-order valence-corrected chi connectivity index (χ2v) is 5.71. The van der Waals surface area contributed by atoms with Crippen LogP contribution in [0.5, 0.6) is 0 Å². The molecule has 2 rings (SSSR count). The predicted molar refractivity (Wildman–Crippen MR) is 78.9 cm³/mol. The number of nitrogens with one attached hydrogen (secondary N) is 2. The van der Waals surface area contributed by atoms with Crippen molar-refractivity contribution in [1.82, 2.24) is 10.3 Å². The molecule has 2 N–H and O–H groups in total. The van der Waals surface area contributed by atoms with Crippen LogP contribution in [0, 0.1) is 5.82 Å². The van der Waals surface area contributed by atoms with E-state index in [-0.39, 0.29) is 36.1 Å². The Labute approximate surface area is 132 Å². The van der Waals surface area contributed by atoms with Crippen molar-refractivity contribution in [3.8, 4) is 0 Å². The summed E-state index contributed by atoms with van der Waals surface area (Å²) < 4.78 is 58.5. The van der Waals surface area contributed by atoms with Gasteiger partial charge in [0.05, 0.1) is 23.8 Å². The average Bonchev–Trinajstić information content (AvgIpc) is 2.46. The van der Waals surface area contributed by atoms with Gasteiger partial charge in [-0.3, -0.25) is 0 Å². The monoisotopic (exact) mass is 335 g/mol. The van der Waals surface area contributed by atoms with E-state index in [2.05, 4.69) is 15.6 Å². The fraction of sp³-hybridized carbons (Fsp3) is 0.667. The zero-order valence-corrected chi connectivity index (χ0v) is 13.3. The second-order valence-electron chi connectivity index (χ2n) is 5.71. The lowest BCUT2D eigenvalue weighted by atomic mass is 10.1. The largest absolute Gasteiger partial charge is 0.418 e. The minimum absolute atomic E-state index is 0.0589. The minimum Gasteiger partial charge on any atom is -0.373 e. The normalized spacial score (nSPS) is 25.4. The van der Waals surface area contributed by atoms with Gasteiger partial charge >= 0.3 is 6.18 Å². The number of morpholine rings is 1. The number of halogens is 4. The van der Waals surface area contributed by atoms with Crippen molar-refractivity contribution >= 4 is 5.82 Å². The smallest absolute Gasteiger partial charge is 0.373 e. The van der Waals surface area contributed by atoms with Crippen molar-refractivity contribution < 1.29 is 22.3 Å². The first-order chi connectivity index (χ1) is 10.7. The molecule has 8 heteroatoms. The third-order valence-corrected chi connectivity index (χ3v) is 3.95. The Kier molecular flexibility index (Phi) is 5.46. The third kappa shape index (κ3) is 4.11. The van der Waals surface area contributed by atoms with Gasteiger partial charge in [-0.15, -0.1) is 0 Å². The molecule has 2 heterocycles. The van der Waals surface area contributed by atoms with Gasteiger partial charge in [0.2, 0.25) is 0 Å². The second kappa shape index (κ2) is 7.00. The molecule has 0 saturated carbocycles. The molecule has 1 aromatic heterocycles. The van der Waals surface area contributed by atoms with Gasteiger partial charge in [-0.25, -0.2) is 9.37 Å². The minimum atomic E-state index is -4.61. The summed E-state index contributed by atoms with van der Waals surface area (Å²) in [5, 5.41) is 6.04. The lowest BCUT2D eigenvalue weighted by Crippen LogP contribution is -2.53. The van der Waals surface area contributed by atoms with Gasteiger partial charge in [0, 0.05) is 24.8 Å². The summed E-state index contributed by atoms with van der Waals surface area (Å²) in [5.41, 5.74) is -1.39. The number of anilines is 1. The first-order valence-electron chi connectivity index (χ1n) is 7.61. The van der Waals surface area contributed by atoms with Crippen LogP contribution >= 0.6 is 0 Å². The van der Waals surface area contributed by atoms with Gasteiger partial charge in [0.25, 0.3) is 0 Å². The molecule has 130 valence electrons. The van der Waals surface area contributed by atoms with Crippen LogP contribution in [0.4, 0.5) is 23.4 Å².